The molecule has 0 fully saturated rings. The summed E-state index contributed by atoms with van der Waals surface area (Å²) in [5.41, 5.74) is 1.89. The molecule has 0 saturated carbocycles. The first-order chi connectivity index (χ1) is 8.13. The third-order valence-electron chi connectivity index (χ3n) is 2.76. The van der Waals surface area contributed by atoms with Crippen molar-refractivity contribution in [2.75, 3.05) is 29.9 Å². The molecule has 0 unspecified atom stereocenters. The maximum atomic E-state index is 11.9. The molecular weight excluding hydrogens is 282 g/mol. The van der Waals surface area contributed by atoms with Crippen molar-refractivity contribution in [2.45, 2.75) is 6.42 Å². The van der Waals surface area contributed by atoms with E-state index < -0.39 is 0 Å². The minimum Gasteiger partial charge on any atom is -0.364 e. The number of hydrogen-bond donors (Lipinski definition) is 0. The summed E-state index contributed by atoms with van der Waals surface area (Å²) in [6.07, 6.45) is 0.349. The van der Waals surface area contributed by atoms with Gasteiger partial charge >= 0.3 is 0 Å². The molecule has 1 aromatic carbocycles. The van der Waals surface area contributed by atoms with E-state index in [-0.39, 0.29) is 5.91 Å². The monoisotopic (exact) mass is 293 g/mol. The van der Waals surface area contributed by atoms with E-state index in [4.69, 9.17) is 5.26 Å². The van der Waals surface area contributed by atoms with Crippen LogP contribution < -0.4 is 9.80 Å². The van der Waals surface area contributed by atoms with Gasteiger partial charge in [0, 0.05) is 18.1 Å². The number of rotatable bonds is 2. The molecule has 5 heteroatoms. The van der Waals surface area contributed by atoms with Crippen LogP contribution in [0.2, 0.25) is 0 Å². The van der Waals surface area contributed by atoms with Crippen molar-refractivity contribution in [3.63, 3.8) is 0 Å². The smallest absolute Gasteiger partial charge is 0.246 e. The number of fused-ring (bicyclic) bond motifs is 1. The molecule has 0 radical (unpaired) electrons. The molecule has 17 heavy (non-hydrogen) atoms. The van der Waals surface area contributed by atoms with Crippen LogP contribution in [-0.2, 0) is 4.79 Å². The summed E-state index contributed by atoms with van der Waals surface area (Å²) < 4.78 is 0.932. The van der Waals surface area contributed by atoms with Crippen molar-refractivity contribution < 1.29 is 4.79 Å². The van der Waals surface area contributed by atoms with Crippen molar-refractivity contribution in [3.05, 3.63) is 22.7 Å². The average Bonchev–Trinajstić information content (AvgIpc) is 2.28. The number of nitrogens with zero attached hydrogens (tertiary/aromatic N) is 3. The topological polar surface area (TPSA) is 47.3 Å². The largest absolute Gasteiger partial charge is 0.364 e. The van der Waals surface area contributed by atoms with Crippen molar-refractivity contribution in [2.24, 2.45) is 0 Å². The number of halogens is 1. The average molecular weight is 294 g/mol. The summed E-state index contributed by atoms with van der Waals surface area (Å²) >= 11 is 3.40. The Hall–Kier alpha value is -1.54. The number of benzene rings is 1. The fourth-order valence-electron chi connectivity index (χ4n) is 1.95. The van der Waals surface area contributed by atoms with E-state index in [1.54, 1.807) is 4.90 Å². The van der Waals surface area contributed by atoms with E-state index in [1.807, 2.05) is 30.1 Å². The van der Waals surface area contributed by atoms with Crippen LogP contribution in [-0.4, -0.2) is 26.0 Å². The van der Waals surface area contributed by atoms with E-state index in [9.17, 15) is 4.79 Å². The molecule has 0 bridgehead atoms. The SMILES string of the molecule is CN1CC(=O)N(CCC#N)c2cc(Br)ccc21. The number of carbonyl (C=O) groups excluding carboxylic acids is 1. The van der Waals surface area contributed by atoms with Gasteiger partial charge in [0.2, 0.25) is 5.91 Å². The lowest BCUT2D eigenvalue weighted by Gasteiger charge is -2.35. The molecule has 0 spiro atoms. The highest BCUT2D eigenvalue weighted by Gasteiger charge is 2.26. The van der Waals surface area contributed by atoms with Crippen LogP contribution in [0.15, 0.2) is 22.7 Å². The summed E-state index contributed by atoms with van der Waals surface area (Å²) in [5, 5.41) is 8.63. The Bertz CT molecular complexity index is 495. The summed E-state index contributed by atoms with van der Waals surface area (Å²) in [7, 11) is 1.90. The number of amides is 1. The number of anilines is 2. The number of carbonyl (C=O) groups is 1. The van der Waals surface area contributed by atoms with Gasteiger partial charge in [0.25, 0.3) is 0 Å². The van der Waals surface area contributed by atoms with E-state index in [0.717, 1.165) is 15.8 Å². The highest BCUT2D eigenvalue weighted by Crippen LogP contribution is 2.35. The molecule has 1 aliphatic heterocycles. The van der Waals surface area contributed by atoms with Crippen molar-refractivity contribution in [1.82, 2.24) is 0 Å². The zero-order valence-corrected chi connectivity index (χ0v) is 11.1. The lowest BCUT2D eigenvalue weighted by Crippen LogP contribution is -2.44. The van der Waals surface area contributed by atoms with Crippen LogP contribution in [0.4, 0.5) is 11.4 Å². The first kappa shape index (κ1) is 11.9. The summed E-state index contributed by atoms with van der Waals surface area (Å²) in [4.78, 5) is 15.6. The van der Waals surface area contributed by atoms with Crippen LogP contribution in [0.25, 0.3) is 0 Å². The third-order valence-corrected chi connectivity index (χ3v) is 3.25. The standard InChI is InChI=1S/C12H12BrN3O/c1-15-8-12(17)16(6-2-5-14)11-7-9(13)3-4-10(11)15/h3-4,7H,2,6,8H2,1H3. The Morgan fingerprint density at radius 1 is 1.47 bits per heavy atom. The molecule has 1 aliphatic rings. The number of likely N-dealkylation sites (N-methyl/N-ethyl adjacent to an activating group) is 1. The molecule has 1 heterocycles. The van der Waals surface area contributed by atoms with Gasteiger partial charge in [-0.05, 0) is 18.2 Å². The van der Waals surface area contributed by atoms with Crippen LogP contribution in [0.5, 0.6) is 0 Å². The van der Waals surface area contributed by atoms with Gasteiger partial charge in [-0.25, -0.2) is 0 Å². The Kier molecular flexibility index (Phi) is 3.34. The predicted molar refractivity (Wildman–Crippen MR) is 70.0 cm³/mol. The molecule has 2 rings (SSSR count). The van der Waals surface area contributed by atoms with Gasteiger partial charge < -0.3 is 9.80 Å². The molecule has 0 atom stereocenters. The first-order valence-corrected chi connectivity index (χ1v) is 6.11. The van der Waals surface area contributed by atoms with Gasteiger partial charge in [0.15, 0.2) is 0 Å². The molecule has 1 aromatic rings. The van der Waals surface area contributed by atoms with Gasteiger partial charge in [-0.2, -0.15) is 5.26 Å². The molecule has 4 nitrogen and oxygen atoms in total. The number of hydrogen-bond acceptors (Lipinski definition) is 3. The van der Waals surface area contributed by atoms with E-state index in [2.05, 4.69) is 22.0 Å². The molecule has 0 saturated heterocycles. The Balaban J connectivity index is 2.41. The second-order valence-corrected chi connectivity index (χ2v) is 4.86. The van der Waals surface area contributed by atoms with Crippen LogP contribution in [0, 0.1) is 11.3 Å². The molecule has 88 valence electrons. The Labute approximate surface area is 109 Å². The van der Waals surface area contributed by atoms with E-state index in [0.29, 0.717) is 19.5 Å². The highest BCUT2D eigenvalue weighted by molar-refractivity contribution is 9.10. The summed E-state index contributed by atoms with van der Waals surface area (Å²) in [6.45, 7) is 0.812. The highest BCUT2D eigenvalue weighted by atomic mass is 79.9. The lowest BCUT2D eigenvalue weighted by molar-refractivity contribution is -0.117. The molecule has 0 aromatic heterocycles. The minimum absolute atomic E-state index is 0.0355. The normalized spacial score (nSPS) is 14.5. The van der Waals surface area contributed by atoms with Crippen LogP contribution in [0.3, 0.4) is 0 Å². The minimum atomic E-state index is 0.0355. The van der Waals surface area contributed by atoms with Crippen LogP contribution >= 0.6 is 15.9 Å². The van der Waals surface area contributed by atoms with Crippen molar-refractivity contribution >= 4 is 33.2 Å². The maximum absolute atomic E-state index is 11.9. The lowest BCUT2D eigenvalue weighted by atomic mass is 10.1. The fraction of sp³-hybridized carbons (Fsp3) is 0.333. The quantitative estimate of drug-likeness (QED) is 0.839. The maximum Gasteiger partial charge on any atom is 0.246 e. The van der Waals surface area contributed by atoms with E-state index >= 15 is 0 Å². The molecule has 0 N–H and O–H groups in total. The number of nitriles is 1. The Morgan fingerprint density at radius 3 is 2.94 bits per heavy atom. The molecule has 1 amide bonds. The Morgan fingerprint density at radius 2 is 2.24 bits per heavy atom. The summed E-state index contributed by atoms with van der Waals surface area (Å²) in [6, 6.07) is 7.92. The van der Waals surface area contributed by atoms with Crippen LogP contribution in [0.1, 0.15) is 6.42 Å². The van der Waals surface area contributed by atoms with Gasteiger partial charge in [-0.3, -0.25) is 4.79 Å². The van der Waals surface area contributed by atoms with Crippen molar-refractivity contribution in [1.29, 1.82) is 5.26 Å². The predicted octanol–water partition coefficient (Wildman–Crippen LogP) is 2.15. The van der Waals surface area contributed by atoms with Gasteiger partial charge in [-0.15, -0.1) is 0 Å². The van der Waals surface area contributed by atoms with Crippen molar-refractivity contribution in [3.8, 4) is 6.07 Å². The zero-order valence-electron chi connectivity index (χ0n) is 9.48. The van der Waals surface area contributed by atoms with Gasteiger partial charge in [0.05, 0.1) is 30.4 Å². The van der Waals surface area contributed by atoms with Gasteiger partial charge in [0.1, 0.15) is 0 Å². The fourth-order valence-corrected chi connectivity index (χ4v) is 2.30. The second-order valence-electron chi connectivity index (χ2n) is 3.94. The molecular formula is C12H12BrN3O. The third kappa shape index (κ3) is 2.27. The second kappa shape index (κ2) is 4.76. The van der Waals surface area contributed by atoms with E-state index in [1.165, 1.54) is 0 Å². The molecule has 0 aliphatic carbocycles. The zero-order chi connectivity index (χ0) is 12.4. The first-order valence-electron chi connectivity index (χ1n) is 5.31. The summed E-state index contributed by atoms with van der Waals surface area (Å²) in [5.74, 6) is 0.0355. The van der Waals surface area contributed by atoms with Gasteiger partial charge in [-0.1, -0.05) is 15.9 Å².